The normalized spacial score (nSPS) is 87.3. The standard InChI is InChI=1S/C16H12O2/c17-13-8-6-7-9(8)14(18)16-4-2-1-3-5(4)10(12(7)16)11(6)15(3,13)16/h1-12H/t3-,4-,5?,6+,7+,8-,9+,10?,11+,12+,15-,16+/m0/s1. The van der Waals surface area contributed by atoms with Crippen LogP contribution in [-0.2, 0) is 9.59 Å². The van der Waals surface area contributed by atoms with Crippen LogP contribution < -0.4 is 0 Å². The Bertz CT molecular complexity index is 635. The quantitative estimate of drug-likeness (QED) is 0.586. The predicted molar refractivity (Wildman–Crippen MR) is 58.9 cm³/mol. The van der Waals surface area contributed by atoms with E-state index in [2.05, 4.69) is 12.2 Å². The minimum Gasteiger partial charge on any atom is -0.299 e. The molecule has 8 saturated carbocycles. The molecule has 88 valence electrons. The van der Waals surface area contributed by atoms with Crippen molar-refractivity contribution in [2.75, 3.05) is 0 Å². The van der Waals surface area contributed by atoms with Gasteiger partial charge in [-0.15, -0.1) is 0 Å². The Balaban J connectivity index is 1.72. The van der Waals surface area contributed by atoms with Crippen molar-refractivity contribution in [2.24, 2.45) is 70.0 Å². The Kier molecular flexibility index (Phi) is 0.642. The van der Waals surface area contributed by atoms with Gasteiger partial charge in [-0.3, -0.25) is 9.59 Å². The van der Waals surface area contributed by atoms with E-state index in [0.717, 1.165) is 5.92 Å². The molecule has 8 fully saturated rings. The second-order valence-electron chi connectivity index (χ2n) is 8.32. The smallest absolute Gasteiger partial charge is 0.145 e. The average Bonchev–Trinajstić information content (AvgIpc) is 3.06. The van der Waals surface area contributed by atoms with Crippen LogP contribution in [0.1, 0.15) is 0 Å². The van der Waals surface area contributed by atoms with Gasteiger partial charge in [0.2, 0.25) is 0 Å². The molecule has 0 heterocycles. The first kappa shape index (κ1) is 7.62. The number of ketones is 2. The van der Waals surface area contributed by atoms with Crippen LogP contribution in [-0.4, -0.2) is 11.6 Å². The molecule has 0 amide bonds. The van der Waals surface area contributed by atoms with E-state index < -0.39 is 0 Å². The minimum absolute atomic E-state index is 0.137. The Labute approximate surface area is 104 Å². The third kappa shape index (κ3) is 0.293. The minimum atomic E-state index is -0.137. The zero-order chi connectivity index (χ0) is 11.3. The molecule has 0 aromatic rings. The molecule has 8 bridgehead atoms. The number of Topliss-reactive ketones (excluding diaryl/α,β-unsaturated/α-hetero) is 2. The molecule has 2 spiro atoms. The molecule has 2 heteroatoms. The largest absolute Gasteiger partial charge is 0.299 e. The Morgan fingerprint density at radius 1 is 0.722 bits per heavy atom. The Morgan fingerprint density at radius 2 is 1.22 bits per heavy atom. The van der Waals surface area contributed by atoms with Gasteiger partial charge in [0.05, 0.1) is 10.8 Å². The summed E-state index contributed by atoms with van der Waals surface area (Å²) in [5, 5.41) is 0. The monoisotopic (exact) mass is 236 g/mol. The summed E-state index contributed by atoms with van der Waals surface area (Å²) in [6.07, 6.45) is 4.68. The van der Waals surface area contributed by atoms with Crippen molar-refractivity contribution in [1.29, 1.82) is 0 Å². The van der Waals surface area contributed by atoms with Gasteiger partial charge in [-0.1, -0.05) is 12.2 Å². The molecule has 0 radical (unpaired) electrons. The number of allylic oxidation sites excluding steroid dienone is 2. The maximum absolute atomic E-state index is 13.1. The van der Waals surface area contributed by atoms with E-state index in [1.807, 2.05) is 0 Å². The summed E-state index contributed by atoms with van der Waals surface area (Å²) in [6.45, 7) is 0. The van der Waals surface area contributed by atoms with Crippen LogP contribution in [0.4, 0.5) is 0 Å². The SMILES string of the molecule is O=C1[C@@H]2[C@@H]3C(=O)[C@@]45[C@H]6C=C[C@H]7C6C6[C@@H]([C@@H]2[C@H]3[C@H]64)[C@]175. The highest BCUT2D eigenvalue weighted by Gasteiger charge is 3.06. The van der Waals surface area contributed by atoms with Gasteiger partial charge in [0.25, 0.3) is 0 Å². The molecular formula is C16H12O2. The fraction of sp³-hybridized carbons (Fsp3) is 0.750. The van der Waals surface area contributed by atoms with E-state index in [9.17, 15) is 9.59 Å². The third-order valence-electron chi connectivity index (χ3n) is 9.33. The summed E-state index contributed by atoms with van der Waals surface area (Å²) in [7, 11) is 0. The predicted octanol–water partition coefficient (Wildman–Crippen LogP) is 0.924. The van der Waals surface area contributed by atoms with Crippen LogP contribution >= 0.6 is 0 Å². The van der Waals surface area contributed by atoms with Crippen molar-refractivity contribution < 1.29 is 9.59 Å². The van der Waals surface area contributed by atoms with Gasteiger partial charge in [0, 0.05) is 11.8 Å². The van der Waals surface area contributed by atoms with Crippen LogP contribution in [0.25, 0.3) is 0 Å². The summed E-state index contributed by atoms with van der Waals surface area (Å²) >= 11 is 0. The molecule has 0 aliphatic heterocycles. The van der Waals surface area contributed by atoms with Crippen LogP contribution in [0.3, 0.4) is 0 Å². The zero-order valence-electron chi connectivity index (χ0n) is 9.74. The number of carbonyl (C=O) groups is 2. The average molecular weight is 236 g/mol. The number of carbonyl (C=O) groups excluding carboxylic acids is 2. The first-order valence-electron chi connectivity index (χ1n) is 7.56. The molecule has 2 unspecified atom stereocenters. The topological polar surface area (TPSA) is 34.1 Å². The van der Waals surface area contributed by atoms with Crippen molar-refractivity contribution in [3.63, 3.8) is 0 Å². The molecule has 9 rings (SSSR count). The maximum Gasteiger partial charge on any atom is 0.145 e. The summed E-state index contributed by atoms with van der Waals surface area (Å²) in [5.74, 6) is 6.63. The first-order chi connectivity index (χ1) is 8.79. The number of fused-ring (bicyclic) bond motifs is 1. The molecule has 12 atom stereocenters. The van der Waals surface area contributed by atoms with E-state index in [1.165, 1.54) is 0 Å². The van der Waals surface area contributed by atoms with Gasteiger partial charge in [-0.2, -0.15) is 0 Å². The zero-order valence-corrected chi connectivity index (χ0v) is 9.74. The van der Waals surface area contributed by atoms with Crippen LogP contribution in [0, 0.1) is 70.0 Å². The summed E-state index contributed by atoms with van der Waals surface area (Å²) in [5.41, 5.74) is -0.273. The van der Waals surface area contributed by atoms with Gasteiger partial charge in [0.1, 0.15) is 11.6 Å². The van der Waals surface area contributed by atoms with Gasteiger partial charge >= 0.3 is 0 Å². The summed E-state index contributed by atoms with van der Waals surface area (Å²) in [6, 6.07) is 0. The highest BCUT2D eigenvalue weighted by Crippen LogP contribution is 3.02. The highest BCUT2D eigenvalue weighted by atomic mass is 16.2. The molecule has 0 aromatic heterocycles. The number of rotatable bonds is 0. The summed E-state index contributed by atoms with van der Waals surface area (Å²) < 4.78 is 0. The molecule has 18 heavy (non-hydrogen) atoms. The fourth-order valence-corrected chi connectivity index (χ4v) is 10.1. The van der Waals surface area contributed by atoms with Crippen molar-refractivity contribution in [3.05, 3.63) is 12.2 Å². The second kappa shape index (κ2) is 1.52. The van der Waals surface area contributed by atoms with Crippen LogP contribution in [0.2, 0.25) is 0 Å². The molecule has 0 N–H and O–H groups in total. The molecule has 9 aliphatic rings. The Hall–Kier alpha value is -0.920. The van der Waals surface area contributed by atoms with Crippen LogP contribution in [0.5, 0.6) is 0 Å². The lowest BCUT2D eigenvalue weighted by atomic mass is 9.52. The summed E-state index contributed by atoms with van der Waals surface area (Å²) in [4.78, 5) is 26.1. The van der Waals surface area contributed by atoms with Crippen molar-refractivity contribution in [3.8, 4) is 0 Å². The van der Waals surface area contributed by atoms with Gasteiger partial charge in [-0.25, -0.2) is 0 Å². The lowest BCUT2D eigenvalue weighted by molar-refractivity contribution is -0.157. The number of hydrogen-bond donors (Lipinski definition) is 0. The molecular weight excluding hydrogens is 224 g/mol. The highest BCUT2D eigenvalue weighted by molar-refractivity contribution is 6.14. The van der Waals surface area contributed by atoms with E-state index >= 15 is 0 Å². The van der Waals surface area contributed by atoms with E-state index in [4.69, 9.17) is 0 Å². The van der Waals surface area contributed by atoms with Gasteiger partial charge in [-0.05, 0) is 47.3 Å². The van der Waals surface area contributed by atoms with Crippen molar-refractivity contribution >= 4 is 11.6 Å². The van der Waals surface area contributed by atoms with Crippen LogP contribution in [0.15, 0.2) is 12.2 Å². The molecule has 0 saturated heterocycles. The number of hydrogen-bond acceptors (Lipinski definition) is 2. The Morgan fingerprint density at radius 3 is 1.72 bits per heavy atom. The van der Waals surface area contributed by atoms with Gasteiger partial charge < -0.3 is 0 Å². The molecule has 2 nitrogen and oxygen atoms in total. The first-order valence-corrected chi connectivity index (χ1v) is 7.56. The fourth-order valence-electron chi connectivity index (χ4n) is 10.1. The van der Waals surface area contributed by atoms with Crippen molar-refractivity contribution in [1.82, 2.24) is 0 Å². The molecule has 9 aliphatic carbocycles. The van der Waals surface area contributed by atoms with E-state index in [-0.39, 0.29) is 22.7 Å². The van der Waals surface area contributed by atoms with E-state index in [1.54, 1.807) is 0 Å². The van der Waals surface area contributed by atoms with Gasteiger partial charge in [0.15, 0.2) is 0 Å². The van der Waals surface area contributed by atoms with E-state index in [0.29, 0.717) is 53.0 Å². The maximum atomic E-state index is 13.1. The third-order valence-corrected chi connectivity index (χ3v) is 9.33. The molecule has 0 aromatic carbocycles. The lowest BCUT2D eigenvalue weighted by Crippen LogP contribution is -2.57. The lowest BCUT2D eigenvalue weighted by Gasteiger charge is -2.47. The second-order valence-corrected chi connectivity index (χ2v) is 8.32. The van der Waals surface area contributed by atoms with Crippen molar-refractivity contribution in [2.45, 2.75) is 0 Å².